The molecule has 0 aliphatic rings. The van der Waals surface area contributed by atoms with Gasteiger partial charge in [-0.3, -0.25) is 0 Å². The third-order valence-electron chi connectivity index (χ3n) is 3.16. The largest absolute Gasteiger partial charge is 0.310 e. The van der Waals surface area contributed by atoms with Crippen molar-refractivity contribution in [2.75, 3.05) is 32.1 Å². The lowest BCUT2D eigenvalue weighted by atomic mass is 10.0. The molecule has 0 saturated carbocycles. The van der Waals surface area contributed by atoms with Crippen molar-refractivity contribution in [3.8, 4) is 0 Å². The second kappa shape index (κ2) is 7.53. The van der Waals surface area contributed by atoms with Gasteiger partial charge in [0.2, 0.25) is 0 Å². The molecule has 0 aliphatic carbocycles. The van der Waals surface area contributed by atoms with E-state index in [0.29, 0.717) is 6.04 Å². The van der Waals surface area contributed by atoms with E-state index < -0.39 is 0 Å². The van der Waals surface area contributed by atoms with Crippen LogP contribution in [0.4, 0.5) is 0 Å². The Kier molecular flexibility index (Phi) is 7.66. The van der Waals surface area contributed by atoms with E-state index in [2.05, 4.69) is 51.2 Å². The molecule has 0 rings (SSSR count). The predicted octanol–water partition coefficient (Wildman–Crippen LogP) is 2.45. The summed E-state index contributed by atoms with van der Waals surface area (Å²) in [5, 5.41) is 3.62. The van der Waals surface area contributed by atoms with Gasteiger partial charge in [-0.1, -0.05) is 6.92 Å². The number of thioether (sulfide) groups is 1. The summed E-state index contributed by atoms with van der Waals surface area (Å²) < 4.78 is 0. The quantitative estimate of drug-likeness (QED) is 0.692. The number of nitrogens with zero attached hydrogens (tertiary/aromatic N) is 1. The molecule has 2 nitrogen and oxygen atoms in total. The van der Waals surface area contributed by atoms with Gasteiger partial charge >= 0.3 is 0 Å². The molecule has 0 radical (unpaired) electrons. The molecular weight excluding hydrogens is 204 g/mol. The Balaban J connectivity index is 3.77. The van der Waals surface area contributed by atoms with Crippen LogP contribution in [0.15, 0.2) is 0 Å². The molecule has 1 unspecified atom stereocenters. The third kappa shape index (κ3) is 7.20. The molecular formula is C12H28N2S. The van der Waals surface area contributed by atoms with Crippen molar-refractivity contribution in [1.29, 1.82) is 0 Å². The summed E-state index contributed by atoms with van der Waals surface area (Å²) in [4.78, 5) is 2.43. The van der Waals surface area contributed by atoms with E-state index in [9.17, 15) is 0 Å². The van der Waals surface area contributed by atoms with Crippen LogP contribution in [-0.4, -0.2) is 48.6 Å². The Labute approximate surface area is 100 Å². The number of hydrogen-bond acceptors (Lipinski definition) is 3. The number of hydrogen-bond donors (Lipinski definition) is 1. The summed E-state index contributed by atoms with van der Waals surface area (Å²) in [7, 11) is 2.21. The number of likely N-dealkylation sites (N-methyl/N-ethyl adjacent to an activating group) is 1. The zero-order valence-electron chi connectivity index (χ0n) is 11.3. The first-order valence-electron chi connectivity index (χ1n) is 5.87. The topological polar surface area (TPSA) is 15.3 Å². The van der Waals surface area contributed by atoms with Gasteiger partial charge in [0, 0.05) is 30.4 Å². The van der Waals surface area contributed by atoms with E-state index in [1.54, 1.807) is 0 Å². The zero-order chi connectivity index (χ0) is 11.9. The van der Waals surface area contributed by atoms with Gasteiger partial charge in [0.1, 0.15) is 0 Å². The fraction of sp³-hybridized carbons (Fsp3) is 1.00. The Morgan fingerprint density at radius 2 is 2.00 bits per heavy atom. The molecule has 0 aliphatic heterocycles. The summed E-state index contributed by atoms with van der Waals surface area (Å²) in [6.45, 7) is 11.3. The molecule has 15 heavy (non-hydrogen) atoms. The van der Waals surface area contributed by atoms with Crippen molar-refractivity contribution >= 4 is 11.8 Å². The maximum atomic E-state index is 3.62. The van der Waals surface area contributed by atoms with Gasteiger partial charge in [-0.2, -0.15) is 11.8 Å². The molecule has 0 aromatic heterocycles. The molecule has 0 spiro atoms. The third-order valence-corrected chi connectivity index (χ3v) is 3.75. The van der Waals surface area contributed by atoms with E-state index >= 15 is 0 Å². The lowest BCUT2D eigenvalue weighted by molar-refractivity contribution is 0.241. The van der Waals surface area contributed by atoms with Crippen LogP contribution in [0.3, 0.4) is 0 Å². The van der Waals surface area contributed by atoms with Crippen molar-refractivity contribution in [3.63, 3.8) is 0 Å². The van der Waals surface area contributed by atoms with Crippen LogP contribution in [-0.2, 0) is 0 Å². The van der Waals surface area contributed by atoms with E-state index in [0.717, 1.165) is 6.54 Å². The minimum absolute atomic E-state index is 0.272. The van der Waals surface area contributed by atoms with Gasteiger partial charge < -0.3 is 10.2 Å². The minimum Gasteiger partial charge on any atom is -0.310 e. The van der Waals surface area contributed by atoms with Crippen molar-refractivity contribution in [3.05, 3.63) is 0 Å². The fourth-order valence-corrected chi connectivity index (χ4v) is 1.63. The summed E-state index contributed by atoms with van der Waals surface area (Å²) in [6.07, 6.45) is 3.34. The maximum Gasteiger partial charge on any atom is 0.0189 e. The van der Waals surface area contributed by atoms with Gasteiger partial charge in [0.05, 0.1) is 0 Å². The van der Waals surface area contributed by atoms with Crippen molar-refractivity contribution < 1.29 is 0 Å². The maximum absolute atomic E-state index is 3.62. The molecule has 1 atom stereocenters. The Bertz CT molecular complexity index is 160. The molecule has 0 fully saturated rings. The van der Waals surface area contributed by atoms with E-state index in [1.807, 2.05) is 11.8 Å². The molecule has 0 aromatic carbocycles. The van der Waals surface area contributed by atoms with Crippen molar-refractivity contribution in [2.45, 2.75) is 45.7 Å². The highest BCUT2D eigenvalue weighted by Crippen LogP contribution is 2.07. The summed E-state index contributed by atoms with van der Waals surface area (Å²) in [5.41, 5.74) is 0.272. The van der Waals surface area contributed by atoms with Crippen LogP contribution in [0.1, 0.15) is 34.1 Å². The molecule has 0 aromatic rings. The van der Waals surface area contributed by atoms with E-state index in [4.69, 9.17) is 0 Å². The highest BCUT2D eigenvalue weighted by atomic mass is 32.2. The van der Waals surface area contributed by atoms with E-state index in [1.165, 1.54) is 18.7 Å². The van der Waals surface area contributed by atoms with Gasteiger partial charge in [0.25, 0.3) is 0 Å². The highest BCUT2D eigenvalue weighted by Gasteiger charge is 2.16. The molecule has 92 valence electrons. The lowest BCUT2D eigenvalue weighted by Gasteiger charge is -2.30. The van der Waals surface area contributed by atoms with Gasteiger partial charge in [-0.15, -0.1) is 0 Å². The molecule has 0 heterocycles. The zero-order valence-corrected chi connectivity index (χ0v) is 12.1. The summed E-state index contributed by atoms with van der Waals surface area (Å²) in [5.74, 6) is 1.22. The molecule has 3 heteroatoms. The van der Waals surface area contributed by atoms with Crippen LogP contribution in [0.2, 0.25) is 0 Å². The van der Waals surface area contributed by atoms with Crippen LogP contribution >= 0.6 is 11.8 Å². The minimum atomic E-state index is 0.272. The smallest absolute Gasteiger partial charge is 0.0189 e. The van der Waals surface area contributed by atoms with Crippen molar-refractivity contribution in [1.82, 2.24) is 10.2 Å². The Morgan fingerprint density at radius 1 is 1.40 bits per heavy atom. The second-order valence-corrected chi connectivity index (χ2v) is 5.93. The fourth-order valence-electron chi connectivity index (χ4n) is 1.16. The summed E-state index contributed by atoms with van der Waals surface area (Å²) in [6, 6.07) is 0.614. The average Bonchev–Trinajstić information content (AvgIpc) is 2.22. The SMILES string of the molecule is CCC(C)(C)NCC(C)N(C)CCSC. The summed E-state index contributed by atoms with van der Waals surface area (Å²) >= 11 is 1.91. The Hall–Kier alpha value is 0.270. The number of nitrogens with one attached hydrogen (secondary N) is 1. The lowest BCUT2D eigenvalue weighted by Crippen LogP contribution is -2.46. The first-order valence-corrected chi connectivity index (χ1v) is 7.26. The van der Waals surface area contributed by atoms with Crippen molar-refractivity contribution in [2.24, 2.45) is 0 Å². The van der Waals surface area contributed by atoms with E-state index in [-0.39, 0.29) is 5.54 Å². The average molecular weight is 232 g/mol. The van der Waals surface area contributed by atoms with Crippen LogP contribution < -0.4 is 5.32 Å². The molecule has 1 N–H and O–H groups in total. The van der Waals surface area contributed by atoms with Crippen LogP contribution in [0.25, 0.3) is 0 Å². The second-order valence-electron chi connectivity index (χ2n) is 4.94. The number of rotatable bonds is 8. The van der Waals surface area contributed by atoms with Crippen LogP contribution in [0, 0.1) is 0 Å². The normalized spacial score (nSPS) is 14.6. The standard InChI is InChI=1S/C12H28N2S/c1-7-12(3,4)13-10-11(2)14(5)8-9-15-6/h11,13H,7-10H2,1-6H3. The first kappa shape index (κ1) is 15.3. The predicted molar refractivity (Wildman–Crippen MR) is 72.8 cm³/mol. The van der Waals surface area contributed by atoms with Crippen LogP contribution in [0.5, 0.6) is 0 Å². The molecule has 0 bridgehead atoms. The first-order chi connectivity index (χ1) is 6.93. The van der Waals surface area contributed by atoms with Gasteiger partial charge in [-0.05, 0) is 40.5 Å². The Morgan fingerprint density at radius 3 is 2.47 bits per heavy atom. The molecule has 0 saturated heterocycles. The monoisotopic (exact) mass is 232 g/mol. The molecule has 0 amide bonds. The highest BCUT2D eigenvalue weighted by molar-refractivity contribution is 7.98. The van der Waals surface area contributed by atoms with Gasteiger partial charge in [-0.25, -0.2) is 0 Å². The van der Waals surface area contributed by atoms with Gasteiger partial charge in [0.15, 0.2) is 0 Å².